The first-order valence-electron chi connectivity index (χ1n) is 4.83. The molecule has 1 aromatic heterocycles. The average Bonchev–Trinajstić information content (AvgIpc) is 2.52. The standard InChI is InChI=1S/C9H16N4O/c1-3-4-9(14)10-6-5-8-12-11-7-13(8)2/h7H,3-6H2,1-2H3,(H,10,14). The van der Waals surface area contributed by atoms with Crippen molar-refractivity contribution >= 4 is 5.91 Å². The fourth-order valence-electron chi connectivity index (χ4n) is 1.16. The lowest BCUT2D eigenvalue weighted by atomic mass is 10.3. The number of hydrogen-bond acceptors (Lipinski definition) is 3. The highest BCUT2D eigenvalue weighted by atomic mass is 16.1. The smallest absolute Gasteiger partial charge is 0.219 e. The van der Waals surface area contributed by atoms with Crippen LogP contribution in [0.4, 0.5) is 0 Å². The molecule has 0 aliphatic carbocycles. The van der Waals surface area contributed by atoms with E-state index in [1.807, 2.05) is 18.5 Å². The summed E-state index contributed by atoms with van der Waals surface area (Å²) in [6, 6.07) is 0. The lowest BCUT2D eigenvalue weighted by Gasteiger charge is -2.03. The van der Waals surface area contributed by atoms with Gasteiger partial charge in [0.05, 0.1) is 0 Å². The van der Waals surface area contributed by atoms with Crippen molar-refractivity contribution in [2.45, 2.75) is 26.2 Å². The number of nitrogens with one attached hydrogen (secondary N) is 1. The summed E-state index contributed by atoms with van der Waals surface area (Å²) in [6.07, 6.45) is 3.86. The van der Waals surface area contributed by atoms with Crippen molar-refractivity contribution in [2.75, 3.05) is 6.54 Å². The fraction of sp³-hybridized carbons (Fsp3) is 0.667. The van der Waals surface area contributed by atoms with Gasteiger partial charge in [-0.15, -0.1) is 10.2 Å². The Labute approximate surface area is 83.5 Å². The van der Waals surface area contributed by atoms with E-state index in [4.69, 9.17) is 0 Å². The molecular formula is C9H16N4O. The molecule has 0 saturated carbocycles. The number of aromatic nitrogens is 3. The lowest BCUT2D eigenvalue weighted by molar-refractivity contribution is -0.121. The molecule has 14 heavy (non-hydrogen) atoms. The second-order valence-corrected chi connectivity index (χ2v) is 3.21. The molecule has 1 heterocycles. The zero-order valence-corrected chi connectivity index (χ0v) is 8.66. The molecule has 0 atom stereocenters. The Morgan fingerprint density at radius 3 is 3.00 bits per heavy atom. The maximum absolute atomic E-state index is 11.1. The monoisotopic (exact) mass is 196 g/mol. The van der Waals surface area contributed by atoms with E-state index in [0.29, 0.717) is 13.0 Å². The number of carbonyl (C=O) groups is 1. The van der Waals surface area contributed by atoms with Crippen LogP contribution < -0.4 is 5.32 Å². The molecule has 0 aliphatic heterocycles. The summed E-state index contributed by atoms with van der Waals surface area (Å²) in [7, 11) is 1.89. The number of hydrogen-bond donors (Lipinski definition) is 1. The van der Waals surface area contributed by atoms with Gasteiger partial charge < -0.3 is 9.88 Å². The Morgan fingerprint density at radius 1 is 1.64 bits per heavy atom. The first-order valence-corrected chi connectivity index (χ1v) is 4.83. The van der Waals surface area contributed by atoms with Crippen molar-refractivity contribution < 1.29 is 4.79 Å². The number of amides is 1. The van der Waals surface area contributed by atoms with Crippen LogP contribution in [0.3, 0.4) is 0 Å². The maximum Gasteiger partial charge on any atom is 0.219 e. The third-order valence-corrected chi connectivity index (χ3v) is 1.95. The molecule has 5 nitrogen and oxygen atoms in total. The van der Waals surface area contributed by atoms with Gasteiger partial charge in [0.2, 0.25) is 5.91 Å². The predicted octanol–water partition coefficient (Wildman–Crippen LogP) is 0.274. The highest BCUT2D eigenvalue weighted by Crippen LogP contribution is 1.92. The molecule has 1 aromatic rings. The molecule has 0 fully saturated rings. The quantitative estimate of drug-likeness (QED) is 0.735. The van der Waals surface area contributed by atoms with Gasteiger partial charge in [-0.2, -0.15) is 0 Å². The molecule has 0 radical (unpaired) electrons. The number of aryl methyl sites for hydroxylation is 1. The summed E-state index contributed by atoms with van der Waals surface area (Å²) in [5.41, 5.74) is 0. The second kappa shape index (κ2) is 5.36. The summed E-state index contributed by atoms with van der Waals surface area (Å²) in [4.78, 5) is 11.1. The topological polar surface area (TPSA) is 59.8 Å². The van der Waals surface area contributed by atoms with Gasteiger partial charge >= 0.3 is 0 Å². The van der Waals surface area contributed by atoms with Crippen molar-refractivity contribution in [3.63, 3.8) is 0 Å². The van der Waals surface area contributed by atoms with Crippen molar-refractivity contribution in [3.8, 4) is 0 Å². The largest absolute Gasteiger partial charge is 0.356 e. The summed E-state index contributed by atoms with van der Waals surface area (Å²) in [6.45, 7) is 2.62. The molecule has 0 saturated heterocycles. The van der Waals surface area contributed by atoms with E-state index < -0.39 is 0 Å². The number of rotatable bonds is 5. The van der Waals surface area contributed by atoms with Gasteiger partial charge in [0.1, 0.15) is 12.2 Å². The normalized spacial score (nSPS) is 10.1. The summed E-state index contributed by atoms with van der Waals surface area (Å²) >= 11 is 0. The summed E-state index contributed by atoms with van der Waals surface area (Å²) < 4.78 is 1.85. The van der Waals surface area contributed by atoms with Crippen LogP contribution >= 0.6 is 0 Å². The van der Waals surface area contributed by atoms with Gasteiger partial charge in [0.15, 0.2) is 0 Å². The second-order valence-electron chi connectivity index (χ2n) is 3.21. The van der Waals surface area contributed by atoms with Crippen LogP contribution in [-0.4, -0.2) is 27.2 Å². The first kappa shape index (κ1) is 10.7. The van der Waals surface area contributed by atoms with Crippen LogP contribution in [0.5, 0.6) is 0 Å². The predicted molar refractivity (Wildman–Crippen MR) is 52.6 cm³/mol. The van der Waals surface area contributed by atoms with Gasteiger partial charge in [-0.05, 0) is 6.42 Å². The minimum Gasteiger partial charge on any atom is -0.356 e. The van der Waals surface area contributed by atoms with E-state index in [1.54, 1.807) is 6.33 Å². The van der Waals surface area contributed by atoms with Crippen LogP contribution in [0.25, 0.3) is 0 Å². The summed E-state index contributed by atoms with van der Waals surface area (Å²) in [5, 5.41) is 10.5. The van der Waals surface area contributed by atoms with Gasteiger partial charge in [-0.3, -0.25) is 4.79 Å². The zero-order chi connectivity index (χ0) is 10.4. The van der Waals surface area contributed by atoms with E-state index in [9.17, 15) is 4.79 Å². The Hall–Kier alpha value is -1.39. The molecular weight excluding hydrogens is 180 g/mol. The zero-order valence-electron chi connectivity index (χ0n) is 8.66. The highest BCUT2D eigenvalue weighted by Gasteiger charge is 2.02. The Kier molecular flexibility index (Phi) is 4.10. The molecule has 1 amide bonds. The maximum atomic E-state index is 11.1. The van der Waals surface area contributed by atoms with Crippen LogP contribution in [0, 0.1) is 0 Å². The van der Waals surface area contributed by atoms with Crippen LogP contribution in [0.1, 0.15) is 25.6 Å². The highest BCUT2D eigenvalue weighted by molar-refractivity contribution is 5.75. The fourth-order valence-corrected chi connectivity index (χ4v) is 1.16. The molecule has 5 heteroatoms. The lowest BCUT2D eigenvalue weighted by Crippen LogP contribution is -2.25. The third-order valence-electron chi connectivity index (χ3n) is 1.95. The SMILES string of the molecule is CCCC(=O)NCCc1nncn1C. The molecule has 0 spiro atoms. The van der Waals surface area contributed by atoms with Crippen molar-refractivity contribution in [3.05, 3.63) is 12.2 Å². The van der Waals surface area contributed by atoms with Gasteiger partial charge in [-0.25, -0.2) is 0 Å². The average molecular weight is 196 g/mol. The Bertz CT molecular complexity index is 295. The Morgan fingerprint density at radius 2 is 2.43 bits per heavy atom. The molecule has 0 aromatic carbocycles. The minimum atomic E-state index is 0.106. The van der Waals surface area contributed by atoms with E-state index in [1.165, 1.54) is 0 Å². The van der Waals surface area contributed by atoms with E-state index in [0.717, 1.165) is 18.7 Å². The van der Waals surface area contributed by atoms with Crippen LogP contribution in [0.2, 0.25) is 0 Å². The molecule has 78 valence electrons. The van der Waals surface area contributed by atoms with Crippen LogP contribution in [-0.2, 0) is 18.3 Å². The molecule has 1 rings (SSSR count). The number of nitrogens with zero attached hydrogens (tertiary/aromatic N) is 3. The van der Waals surface area contributed by atoms with Gasteiger partial charge in [0.25, 0.3) is 0 Å². The molecule has 1 N–H and O–H groups in total. The molecule has 0 aliphatic rings. The first-order chi connectivity index (χ1) is 6.74. The van der Waals surface area contributed by atoms with Crippen molar-refractivity contribution in [2.24, 2.45) is 7.05 Å². The Balaban J connectivity index is 2.22. The van der Waals surface area contributed by atoms with Crippen molar-refractivity contribution in [1.29, 1.82) is 0 Å². The van der Waals surface area contributed by atoms with Gasteiger partial charge in [-0.1, -0.05) is 6.92 Å². The van der Waals surface area contributed by atoms with Gasteiger partial charge in [0, 0.05) is 26.4 Å². The van der Waals surface area contributed by atoms with Crippen molar-refractivity contribution in [1.82, 2.24) is 20.1 Å². The third kappa shape index (κ3) is 3.16. The van der Waals surface area contributed by atoms with E-state index in [2.05, 4.69) is 15.5 Å². The molecule has 0 unspecified atom stereocenters. The number of carbonyl (C=O) groups excluding carboxylic acids is 1. The minimum absolute atomic E-state index is 0.106. The molecule has 0 bridgehead atoms. The van der Waals surface area contributed by atoms with E-state index >= 15 is 0 Å². The summed E-state index contributed by atoms with van der Waals surface area (Å²) in [5.74, 6) is 0.997. The van der Waals surface area contributed by atoms with E-state index in [-0.39, 0.29) is 5.91 Å². The van der Waals surface area contributed by atoms with Crippen LogP contribution in [0.15, 0.2) is 6.33 Å².